The van der Waals surface area contributed by atoms with E-state index in [0.29, 0.717) is 11.8 Å². The predicted molar refractivity (Wildman–Crippen MR) is 134 cm³/mol. The van der Waals surface area contributed by atoms with Gasteiger partial charge in [0, 0.05) is 12.5 Å². The van der Waals surface area contributed by atoms with Gasteiger partial charge in [0.25, 0.3) is 0 Å². The van der Waals surface area contributed by atoms with Gasteiger partial charge in [-0.25, -0.2) is 0 Å². The van der Waals surface area contributed by atoms with E-state index in [2.05, 4.69) is 19.9 Å². The Labute approximate surface area is 198 Å². The van der Waals surface area contributed by atoms with E-state index in [1.165, 1.54) is 50.5 Å². The highest BCUT2D eigenvalue weighted by Gasteiger charge is 2.53. The molecule has 2 fully saturated rings. The van der Waals surface area contributed by atoms with Gasteiger partial charge >= 0.3 is 0 Å². The van der Waals surface area contributed by atoms with Gasteiger partial charge in [0.05, 0.1) is 17.8 Å². The maximum Gasteiger partial charge on any atom is 0.0657 e. The lowest BCUT2D eigenvalue weighted by atomic mass is 9.51. The standard InChI is InChI=1S/C29H52O3/c1-7-8-9-26-25(23-11-10-22(18-23)21(2)14-15-27(3,4)30)13-12-24-19-28(5,31)16-17-29(24,26)20-32-6/h12,21-23,25-26,30-31H,7-11,13-20H2,1-6H3/t21-,22+,23-,25+,26+,28+,29-/m1/s1. The maximum atomic E-state index is 10.8. The fourth-order valence-electron chi connectivity index (χ4n) is 7.62. The summed E-state index contributed by atoms with van der Waals surface area (Å²) in [6.07, 6.45) is 16.5. The molecule has 7 atom stereocenters. The molecule has 0 aromatic carbocycles. The molecule has 0 bridgehead atoms. The van der Waals surface area contributed by atoms with E-state index in [4.69, 9.17) is 4.74 Å². The van der Waals surface area contributed by atoms with E-state index >= 15 is 0 Å². The first kappa shape index (κ1) is 26.2. The van der Waals surface area contributed by atoms with E-state index < -0.39 is 11.2 Å². The molecule has 0 unspecified atom stereocenters. The van der Waals surface area contributed by atoms with E-state index in [9.17, 15) is 10.2 Å². The van der Waals surface area contributed by atoms with Gasteiger partial charge in [0.2, 0.25) is 0 Å². The quantitative estimate of drug-likeness (QED) is 0.357. The minimum atomic E-state index is -0.556. The molecule has 0 amide bonds. The van der Waals surface area contributed by atoms with Gasteiger partial charge in [0.1, 0.15) is 0 Å². The van der Waals surface area contributed by atoms with Crippen LogP contribution < -0.4 is 0 Å². The second-order valence-electron chi connectivity index (χ2n) is 12.8. The molecule has 2 saturated carbocycles. The van der Waals surface area contributed by atoms with Crippen LogP contribution in [-0.4, -0.2) is 35.1 Å². The zero-order valence-corrected chi connectivity index (χ0v) is 22.0. The molecule has 0 aromatic rings. The number of hydrogen-bond donors (Lipinski definition) is 2. The lowest BCUT2D eigenvalue weighted by Crippen LogP contribution is -2.50. The lowest BCUT2D eigenvalue weighted by Gasteiger charge is -2.55. The van der Waals surface area contributed by atoms with Crippen molar-refractivity contribution in [2.24, 2.45) is 35.0 Å². The zero-order valence-electron chi connectivity index (χ0n) is 22.0. The highest BCUT2D eigenvalue weighted by Crippen LogP contribution is 2.59. The number of hydrogen-bond acceptors (Lipinski definition) is 3. The molecule has 3 aliphatic rings. The van der Waals surface area contributed by atoms with Crippen molar-refractivity contribution in [3.05, 3.63) is 11.6 Å². The van der Waals surface area contributed by atoms with Crippen molar-refractivity contribution in [1.29, 1.82) is 0 Å². The SMILES string of the molecule is CCCC[C@H]1[C@H]([C@@H]2CC[C@H]([C@H](C)CCC(C)(C)O)C2)CC=C2C[C@@](C)(O)CC[C@@]21COC. The van der Waals surface area contributed by atoms with Crippen molar-refractivity contribution in [1.82, 2.24) is 0 Å². The molecule has 0 saturated heterocycles. The molecule has 0 spiro atoms. The highest BCUT2D eigenvalue weighted by molar-refractivity contribution is 5.26. The Bertz CT molecular complexity index is 631. The molecule has 0 heterocycles. The number of rotatable bonds is 10. The van der Waals surface area contributed by atoms with Crippen molar-refractivity contribution in [2.75, 3.05) is 13.7 Å². The second-order valence-corrected chi connectivity index (χ2v) is 12.8. The van der Waals surface area contributed by atoms with Gasteiger partial charge < -0.3 is 14.9 Å². The van der Waals surface area contributed by atoms with Crippen LogP contribution in [0.1, 0.15) is 112 Å². The highest BCUT2D eigenvalue weighted by atomic mass is 16.5. The monoisotopic (exact) mass is 448 g/mol. The number of aliphatic hydroxyl groups is 2. The smallest absolute Gasteiger partial charge is 0.0657 e. The molecule has 3 rings (SSSR count). The molecular formula is C29H52O3. The summed E-state index contributed by atoms with van der Waals surface area (Å²) in [5.74, 6) is 3.78. The summed E-state index contributed by atoms with van der Waals surface area (Å²) in [7, 11) is 1.87. The van der Waals surface area contributed by atoms with Gasteiger partial charge in [-0.3, -0.25) is 0 Å². The Morgan fingerprint density at radius 2 is 2.00 bits per heavy atom. The molecular weight excluding hydrogens is 396 g/mol. The van der Waals surface area contributed by atoms with Crippen molar-refractivity contribution < 1.29 is 14.9 Å². The molecule has 3 heteroatoms. The number of unbranched alkanes of at least 4 members (excludes halogenated alkanes) is 1. The van der Waals surface area contributed by atoms with E-state index in [0.717, 1.165) is 56.5 Å². The van der Waals surface area contributed by atoms with Crippen LogP contribution in [0.2, 0.25) is 0 Å². The Morgan fingerprint density at radius 1 is 1.25 bits per heavy atom. The first-order valence-corrected chi connectivity index (χ1v) is 13.6. The van der Waals surface area contributed by atoms with Gasteiger partial charge in [-0.15, -0.1) is 0 Å². The van der Waals surface area contributed by atoms with Crippen LogP contribution in [0.25, 0.3) is 0 Å². The fourth-order valence-corrected chi connectivity index (χ4v) is 7.62. The third-order valence-electron chi connectivity index (χ3n) is 9.59. The maximum absolute atomic E-state index is 10.8. The molecule has 0 aliphatic heterocycles. The van der Waals surface area contributed by atoms with Crippen LogP contribution in [-0.2, 0) is 4.74 Å². The summed E-state index contributed by atoms with van der Waals surface area (Å²) in [5, 5.41) is 21.0. The Balaban J connectivity index is 1.78. The molecule has 2 N–H and O–H groups in total. The van der Waals surface area contributed by atoms with Crippen LogP contribution in [0, 0.1) is 35.0 Å². The Hall–Kier alpha value is -0.380. The Morgan fingerprint density at radius 3 is 2.66 bits per heavy atom. The summed E-state index contributed by atoms with van der Waals surface area (Å²) in [6, 6.07) is 0. The first-order valence-electron chi connectivity index (χ1n) is 13.6. The second kappa shape index (κ2) is 10.5. The normalized spacial score (nSPS) is 38.9. The summed E-state index contributed by atoms with van der Waals surface area (Å²) in [4.78, 5) is 0. The third kappa shape index (κ3) is 5.99. The van der Waals surface area contributed by atoms with Crippen molar-refractivity contribution in [3.63, 3.8) is 0 Å². The van der Waals surface area contributed by atoms with Gasteiger partial charge in [-0.2, -0.15) is 0 Å². The number of fused-ring (bicyclic) bond motifs is 1. The van der Waals surface area contributed by atoms with Crippen molar-refractivity contribution >= 4 is 0 Å². The van der Waals surface area contributed by atoms with Gasteiger partial charge in [-0.05, 0) is 115 Å². The summed E-state index contributed by atoms with van der Waals surface area (Å²) in [6.45, 7) is 11.5. The third-order valence-corrected chi connectivity index (χ3v) is 9.59. The number of methoxy groups -OCH3 is 1. The van der Waals surface area contributed by atoms with Crippen LogP contribution in [0.3, 0.4) is 0 Å². The summed E-state index contributed by atoms with van der Waals surface area (Å²) >= 11 is 0. The topological polar surface area (TPSA) is 49.7 Å². The largest absolute Gasteiger partial charge is 0.390 e. The summed E-state index contributed by atoms with van der Waals surface area (Å²) < 4.78 is 5.91. The molecule has 0 radical (unpaired) electrons. The Kier molecular flexibility index (Phi) is 8.59. The molecule has 186 valence electrons. The van der Waals surface area contributed by atoms with Crippen LogP contribution in [0.4, 0.5) is 0 Å². The minimum Gasteiger partial charge on any atom is -0.390 e. The summed E-state index contributed by atoms with van der Waals surface area (Å²) in [5.41, 5.74) is 0.539. The minimum absolute atomic E-state index is 0.139. The molecule has 0 aromatic heterocycles. The van der Waals surface area contributed by atoms with Gasteiger partial charge in [0.15, 0.2) is 0 Å². The predicted octanol–water partition coefficient (Wildman–Crippen LogP) is 6.91. The number of ether oxygens (including phenoxy) is 1. The van der Waals surface area contributed by atoms with E-state index in [1.54, 1.807) is 0 Å². The average molecular weight is 449 g/mol. The molecule has 3 nitrogen and oxygen atoms in total. The number of allylic oxidation sites excluding steroid dienone is 1. The van der Waals surface area contributed by atoms with E-state index in [-0.39, 0.29) is 5.41 Å². The van der Waals surface area contributed by atoms with Gasteiger partial charge in [-0.1, -0.05) is 38.3 Å². The van der Waals surface area contributed by atoms with Crippen LogP contribution in [0.15, 0.2) is 11.6 Å². The average Bonchev–Trinajstić information content (AvgIpc) is 3.20. The lowest BCUT2D eigenvalue weighted by molar-refractivity contribution is -0.0595. The van der Waals surface area contributed by atoms with Crippen molar-refractivity contribution in [2.45, 2.75) is 123 Å². The van der Waals surface area contributed by atoms with Crippen LogP contribution >= 0.6 is 0 Å². The van der Waals surface area contributed by atoms with Crippen LogP contribution in [0.5, 0.6) is 0 Å². The van der Waals surface area contributed by atoms with E-state index in [1.807, 2.05) is 27.9 Å². The zero-order chi connectivity index (χ0) is 23.6. The fraction of sp³-hybridized carbons (Fsp3) is 0.931. The first-order chi connectivity index (χ1) is 15.0. The molecule has 32 heavy (non-hydrogen) atoms. The van der Waals surface area contributed by atoms with Crippen molar-refractivity contribution in [3.8, 4) is 0 Å². The molecule has 3 aliphatic carbocycles.